The molecule has 1 aliphatic rings. The second-order valence-corrected chi connectivity index (χ2v) is 6.94. The first-order valence-corrected chi connectivity index (χ1v) is 7.65. The number of rotatable bonds is 5. The quantitative estimate of drug-likeness (QED) is 0.905. The van der Waals surface area contributed by atoms with Gasteiger partial charge in [0.05, 0.1) is 0 Å². The molecule has 2 rings (SSSR count). The fraction of sp³-hybridized carbons (Fsp3) is 0.647. The normalized spacial score (nSPS) is 20.4. The summed E-state index contributed by atoms with van der Waals surface area (Å²) in [6, 6.07) is 5.82. The molecule has 0 bridgehead atoms. The maximum atomic E-state index is 9.69. The second kappa shape index (κ2) is 6.24. The lowest BCUT2D eigenvalue weighted by Crippen LogP contribution is -2.40. The van der Waals surface area contributed by atoms with Crippen molar-refractivity contribution >= 4 is 0 Å². The van der Waals surface area contributed by atoms with Crippen molar-refractivity contribution in [3.63, 3.8) is 0 Å². The molecule has 118 valence electrons. The molecule has 21 heavy (non-hydrogen) atoms. The van der Waals surface area contributed by atoms with Gasteiger partial charge in [-0.1, -0.05) is 6.07 Å². The first kappa shape index (κ1) is 16.1. The Morgan fingerprint density at radius 2 is 1.95 bits per heavy atom. The zero-order valence-electron chi connectivity index (χ0n) is 13.9. The number of benzene rings is 1. The fourth-order valence-corrected chi connectivity index (χ4v) is 2.99. The molecule has 1 heterocycles. The molecule has 0 amide bonds. The van der Waals surface area contributed by atoms with Crippen LogP contribution in [-0.4, -0.2) is 54.7 Å². The van der Waals surface area contributed by atoms with E-state index < -0.39 is 0 Å². The van der Waals surface area contributed by atoms with Crippen LogP contribution in [0, 0.1) is 0 Å². The van der Waals surface area contributed by atoms with E-state index in [0.29, 0.717) is 6.04 Å². The third-order valence-corrected chi connectivity index (χ3v) is 4.08. The van der Waals surface area contributed by atoms with Gasteiger partial charge in [-0.05, 0) is 60.6 Å². The van der Waals surface area contributed by atoms with Gasteiger partial charge in [0.25, 0.3) is 0 Å². The van der Waals surface area contributed by atoms with Crippen LogP contribution < -0.4 is 4.74 Å². The predicted octanol–water partition coefficient (Wildman–Crippen LogP) is 2.88. The maximum Gasteiger partial charge on any atom is 0.128 e. The molecule has 1 N–H and O–H groups in total. The summed E-state index contributed by atoms with van der Waals surface area (Å²) in [6.45, 7) is 6.37. The van der Waals surface area contributed by atoms with Gasteiger partial charge in [-0.2, -0.15) is 0 Å². The molecular weight excluding hydrogens is 264 g/mol. The topological polar surface area (TPSA) is 35.9 Å². The third-order valence-electron chi connectivity index (χ3n) is 4.08. The standard InChI is InChI=1S/C17H28N2O2/c1-17(2)12-15(19(5)10-6-9-18(3)4)14-8-7-13(20)11-16(14)21-17/h7-8,11,15,20H,6,9-10,12H2,1-5H3. The zero-order chi connectivity index (χ0) is 15.6. The van der Waals surface area contributed by atoms with E-state index in [4.69, 9.17) is 4.74 Å². The molecule has 4 heteroatoms. The van der Waals surface area contributed by atoms with Crippen LogP contribution in [0.1, 0.15) is 38.3 Å². The van der Waals surface area contributed by atoms with Crippen LogP contribution in [0.4, 0.5) is 0 Å². The summed E-state index contributed by atoms with van der Waals surface area (Å²) in [7, 11) is 6.39. The summed E-state index contributed by atoms with van der Waals surface area (Å²) >= 11 is 0. The second-order valence-electron chi connectivity index (χ2n) is 6.94. The fourth-order valence-electron chi connectivity index (χ4n) is 2.99. The number of ether oxygens (including phenoxy) is 1. The van der Waals surface area contributed by atoms with E-state index in [0.717, 1.165) is 31.7 Å². The molecule has 1 unspecified atom stereocenters. The molecule has 0 spiro atoms. The molecule has 0 saturated carbocycles. The van der Waals surface area contributed by atoms with Crippen LogP contribution in [0.25, 0.3) is 0 Å². The van der Waals surface area contributed by atoms with Crippen LogP contribution in [0.3, 0.4) is 0 Å². The predicted molar refractivity (Wildman–Crippen MR) is 86.0 cm³/mol. The zero-order valence-corrected chi connectivity index (χ0v) is 13.9. The molecular formula is C17H28N2O2. The van der Waals surface area contributed by atoms with Gasteiger partial charge in [0.15, 0.2) is 0 Å². The van der Waals surface area contributed by atoms with Crippen LogP contribution in [0.15, 0.2) is 18.2 Å². The van der Waals surface area contributed by atoms with Crippen LogP contribution >= 0.6 is 0 Å². The van der Waals surface area contributed by atoms with Crippen molar-refractivity contribution in [3.05, 3.63) is 23.8 Å². The Morgan fingerprint density at radius 3 is 2.62 bits per heavy atom. The summed E-state index contributed by atoms with van der Waals surface area (Å²) in [4.78, 5) is 4.62. The molecule has 1 aliphatic heterocycles. The average molecular weight is 292 g/mol. The number of fused-ring (bicyclic) bond motifs is 1. The lowest BCUT2D eigenvalue weighted by atomic mass is 9.88. The average Bonchev–Trinajstić information content (AvgIpc) is 2.35. The molecule has 0 aliphatic carbocycles. The van der Waals surface area contributed by atoms with Gasteiger partial charge >= 0.3 is 0 Å². The van der Waals surface area contributed by atoms with E-state index in [1.165, 1.54) is 5.56 Å². The number of phenolic OH excluding ortho intramolecular Hbond substituents is 1. The summed E-state index contributed by atoms with van der Waals surface area (Å²) in [6.07, 6.45) is 2.11. The molecule has 0 saturated heterocycles. The number of hydrogen-bond acceptors (Lipinski definition) is 4. The first-order valence-electron chi connectivity index (χ1n) is 7.65. The Morgan fingerprint density at radius 1 is 1.24 bits per heavy atom. The van der Waals surface area contributed by atoms with Gasteiger partial charge in [0, 0.05) is 24.1 Å². The van der Waals surface area contributed by atoms with E-state index in [1.807, 2.05) is 6.07 Å². The highest BCUT2D eigenvalue weighted by Gasteiger charge is 2.35. The highest BCUT2D eigenvalue weighted by molar-refractivity contribution is 5.44. The lowest BCUT2D eigenvalue weighted by Gasteiger charge is -2.41. The minimum atomic E-state index is -0.207. The number of nitrogens with zero attached hydrogens (tertiary/aromatic N) is 2. The summed E-state index contributed by atoms with van der Waals surface area (Å²) in [5.74, 6) is 1.08. The Labute approximate surface area is 128 Å². The van der Waals surface area contributed by atoms with Gasteiger partial charge in [-0.25, -0.2) is 0 Å². The Hall–Kier alpha value is -1.26. The van der Waals surface area contributed by atoms with Crippen molar-refractivity contribution in [1.82, 2.24) is 9.80 Å². The number of hydrogen-bond donors (Lipinski definition) is 1. The van der Waals surface area contributed by atoms with E-state index in [9.17, 15) is 5.11 Å². The number of phenols is 1. The molecule has 1 atom stereocenters. The van der Waals surface area contributed by atoms with Crippen LogP contribution in [0.2, 0.25) is 0 Å². The van der Waals surface area contributed by atoms with Crippen LogP contribution in [-0.2, 0) is 0 Å². The number of aromatic hydroxyl groups is 1. The van der Waals surface area contributed by atoms with E-state index in [1.54, 1.807) is 12.1 Å². The third kappa shape index (κ3) is 4.11. The van der Waals surface area contributed by atoms with Gasteiger partial charge in [0.2, 0.25) is 0 Å². The van der Waals surface area contributed by atoms with Gasteiger partial charge < -0.3 is 14.7 Å². The van der Waals surface area contributed by atoms with E-state index in [-0.39, 0.29) is 11.4 Å². The first-order chi connectivity index (χ1) is 9.78. The van der Waals surface area contributed by atoms with Crippen molar-refractivity contribution < 1.29 is 9.84 Å². The van der Waals surface area contributed by atoms with Gasteiger partial charge in [-0.15, -0.1) is 0 Å². The Kier molecular flexibility index (Phi) is 4.79. The smallest absolute Gasteiger partial charge is 0.128 e. The van der Waals surface area contributed by atoms with E-state index >= 15 is 0 Å². The monoisotopic (exact) mass is 292 g/mol. The SMILES string of the molecule is CN(C)CCCN(C)C1CC(C)(C)Oc2cc(O)ccc21. The van der Waals surface area contributed by atoms with Crippen molar-refractivity contribution in [2.75, 3.05) is 34.2 Å². The van der Waals surface area contributed by atoms with Crippen molar-refractivity contribution in [1.29, 1.82) is 0 Å². The summed E-state index contributed by atoms with van der Waals surface area (Å²) < 4.78 is 6.03. The molecule has 0 fully saturated rings. The highest BCUT2D eigenvalue weighted by atomic mass is 16.5. The molecule has 4 nitrogen and oxygen atoms in total. The summed E-state index contributed by atoms with van der Waals surface area (Å²) in [5.41, 5.74) is 0.973. The minimum Gasteiger partial charge on any atom is -0.508 e. The molecule has 1 aromatic rings. The molecule has 0 aromatic heterocycles. The highest BCUT2D eigenvalue weighted by Crippen LogP contribution is 2.43. The minimum absolute atomic E-state index is 0.207. The van der Waals surface area contributed by atoms with E-state index in [2.05, 4.69) is 44.8 Å². The van der Waals surface area contributed by atoms with Crippen molar-refractivity contribution in [2.24, 2.45) is 0 Å². The molecule has 1 aromatic carbocycles. The van der Waals surface area contributed by atoms with Gasteiger partial charge in [-0.3, -0.25) is 4.90 Å². The summed E-state index contributed by atoms with van der Waals surface area (Å²) in [5, 5.41) is 9.69. The maximum absolute atomic E-state index is 9.69. The van der Waals surface area contributed by atoms with Crippen molar-refractivity contribution in [3.8, 4) is 11.5 Å². The lowest BCUT2D eigenvalue weighted by molar-refractivity contribution is 0.0364. The van der Waals surface area contributed by atoms with Crippen molar-refractivity contribution in [2.45, 2.75) is 38.3 Å². The Balaban J connectivity index is 2.15. The molecule has 0 radical (unpaired) electrons. The Bertz CT molecular complexity index is 486. The van der Waals surface area contributed by atoms with Crippen LogP contribution in [0.5, 0.6) is 11.5 Å². The van der Waals surface area contributed by atoms with Gasteiger partial charge in [0.1, 0.15) is 17.1 Å². The largest absolute Gasteiger partial charge is 0.508 e.